The molecule has 4 N–H and O–H groups in total. The van der Waals surface area contributed by atoms with Crippen molar-refractivity contribution in [2.45, 2.75) is 59.2 Å². The van der Waals surface area contributed by atoms with Gasteiger partial charge in [0.2, 0.25) is 0 Å². The second-order valence-electron chi connectivity index (χ2n) is 7.63. The van der Waals surface area contributed by atoms with Crippen molar-refractivity contribution >= 4 is 22.0 Å². The van der Waals surface area contributed by atoms with Gasteiger partial charge in [0.05, 0.1) is 5.75 Å². The number of nitrogens with one attached hydrogen (secondary N) is 2. The second-order valence-corrected chi connectivity index (χ2v) is 9.89. The number of rotatable bonds is 6. The van der Waals surface area contributed by atoms with E-state index < -0.39 is 33.2 Å². The predicted octanol–water partition coefficient (Wildman–Crippen LogP) is 1.42. The lowest BCUT2D eigenvalue weighted by Gasteiger charge is -2.19. The van der Waals surface area contributed by atoms with Crippen LogP contribution in [-0.2, 0) is 19.3 Å². The number of hydrogen-bond donors (Lipinski definition) is 3. The van der Waals surface area contributed by atoms with Gasteiger partial charge < -0.3 is 25.8 Å². The third kappa shape index (κ3) is 24.7. The molecule has 26 heavy (non-hydrogen) atoms. The van der Waals surface area contributed by atoms with Crippen LogP contribution >= 0.6 is 0 Å². The average Bonchev–Trinajstić information content (AvgIpc) is 2.37. The predicted molar refractivity (Wildman–Crippen MR) is 102 cm³/mol. The maximum absolute atomic E-state index is 11.1. The lowest BCUT2D eigenvalue weighted by Crippen LogP contribution is -2.35. The smallest absolute Gasteiger partial charge is 0.407 e. The Bertz CT molecular complexity index is 521. The molecule has 9 nitrogen and oxygen atoms in total. The summed E-state index contributed by atoms with van der Waals surface area (Å²) in [6.07, 6.45) is 0.636. The van der Waals surface area contributed by atoms with Gasteiger partial charge in [0.1, 0.15) is 21.0 Å². The van der Waals surface area contributed by atoms with Crippen molar-refractivity contribution in [2.24, 2.45) is 5.73 Å². The van der Waals surface area contributed by atoms with Crippen LogP contribution in [0.1, 0.15) is 48.0 Å². The van der Waals surface area contributed by atoms with E-state index in [1.165, 1.54) is 6.26 Å². The van der Waals surface area contributed by atoms with Crippen molar-refractivity contribution in [3.8, 4) is 0 Å². The van der Waals surface area contributed by atoms with Gasteiger partial charge in [-0.15, -0.1) is 0 Å². The van der Waals surface area contributed by atoms with Crippen molar-refractivity contribution < 1.29 is 27.5 Å². The third-order valence-electron chi connectivity index (χ3n) is 2.17. The Morgan fingerprint density at radius 2 is 1.27 bits per heavy atom. The molecule has 10 heteroatoms. The molecule has 0 aromatic heterocycles. The van der Waals surface area contributed by atoms with Crippen LogP contribution in [0.2, 0.25) is 0 Å². The molecule has 0 aliphatic heterocycles. The van der Waals surface area contributed by atoms with Crippen LogP contribution in [0.3, 0.4) is 0 Å². The minimum Gasteiger partial charge on any atom is -0.444 e. The van der Waals surface area contributed by atoms with Crippen LogP contribution in [0.15, 0.2) is 0 Å². The van der Waals surface area contributed by atoms with E-state index in [4.69, 9.17) is 15.2 Å². The van der Waals surface area contributed by atoms with Crippen molar-refractivity contribution in [3.63, 3.8) is 0 Å². The van der Waals surface area contributed by atoms with Crippen molar-refractivity contribution in [2.75, 3.05) is 31.6 Å². The molecular formula is C16H35N3O6S. The van der Waals surface area contributed by atoms with Crippen LogP contribution in [0.4, 0.5) is 9.59 Å². The number of amides is 2. The van der Waals surface area contributed by atoms with Gasteiger partial charge >= 0.3 is 12.2 Å². The van der Waals surface area contributed by atoms with Gasteiger partial charge in [-0.2, -0.15) is 0 Å². The minimum absolute atomic E-state index is 0.0722. The summed E-state index contributed by atoms with van der Waals surface area (Å²) < 4.78 is 31.4. The molecule has 0 aromatic carbocycles. The molecule has 0 heterocycles. The highest BCUT2D eigenvalue weighted by Gasteiger charge is 2.16. The number of hydrogen-bond acceptors (Lipinski definition) is 7. The van der Waals surface area contributed by atoms with Gasteiger partial charge in [-0.3, -0.25) is 0 Å². The summed E-state index contributed by atoms with van der Waals surface area (Å²) in [4.78, 5) is 21.9. The lowest BCUT2D eigenvalue weighted by atomic mass is 10.2. The first-order chi connectivity index (χ1) is 11.6. The van der Waals surface area contributed by atoms with E-state index in [0.29, 0.717) is 26.1 Å². The Kier molecular flexibility index (Phi) is 12.3. The molecule has 0 bridgehead atoms. The monoisotopic (exact) mass is 397 g/mol. The summed E-state index contributed by atoms with van der Waals surface area (Å²) in [5.74, 6) is 0.0722. The van der Waals surface area contributed by atoms with E-state index in [0.717, 1.165) is 0 Å². The van der Waals surface area contributed by atoms with Gasteiger partial charge in [-0.1, -0.05) is 0 Å². The first-order valence-corrected chi connectivity index (χ1v) is 10.4. The summed E-state index contributed by atoms with van der Waals surface area (Å²) in [6.45, 7) is 11.9. The Hall–Kier alpha value is -1.55. The highest BCUT2D eigenvalue weighted by molar-refractivity contribution is 7.90. The molecule has 0 fully saturated rings. The summed E-state index contributed by atoms with van der Waals surface area (Å²) in [6, 6.07) is 0. The van der Waals surface area contributed by atoms with Crippen molar-refractivity contribution in [1.29, 1.82) is 0 Å². The SMILES string of the molecule is CC(C)(C)OC(=O)NCCCS(C)(=O)=O.CC(C)(C)OC(=O)NCCN. The van der Waals surface area contributed by atoms with Gasteiger partial charge in [0.15, 0.2) is 0 Å². The molecule has 0 saturated carbocycles. The van der Waals surface area contributed by atoms with E-state index >= 15 is 0 Å². The van der Waals surface area contributed by atoms with E-state index in [2.05, 4.69) is 10.6 Å². The van der Waals surface area contributed by atoms with Gasteiger partial charge in [-0.25, -0.2) is 18.0 Å². The van der Waals surface area contributed by atoms with Gasteiger partial charge in [0, 0.05) is 25.9 Å². The zero-order valence-corrected chi connectivity index (χ0v) is 17.8. The topological polar surface area (TPSA) is 137 Å². The fraction of sp³-hybridized carbons (Fsp3) is 0.875. The maximum Gasteiger partial charge on any atom is 0.407 e. The number of nitrogens with two attached hydrogens (primary N) is 1. The summed E-state index contributed by atoms with van der Waals surface area (Å²) in [5.41, 5.74) is 4.21. The zero-order valence-electron chi connectivity index (χ0n) is 17.0. The summed E-state index contributed by atoms with van der Waals surface area (Å²) in [5, 5.41) is 4.99. The fourth-order valence-electron chi connectivity index (χ4n) is 1.33. The Morgan fingerprint density at radius 1 is 0.885 bits per heavy atom. The number of ether oxygens (including phenoxy) is 2. The summed E-state index contributed by atoms with van der Waals surface area (Å²) in [7, 11) is -2.95. The minimum atomic E-state index is -2.95. The number of alkyl carbamates (subject to hydrolysis) is 2. The zero-order chi connectivity index (χ0) is 21.0. The molecule has 0 spiro atoms. The first kappa shape index (κ1) is 26.7. The van der Waals surface area contributed by atoms with Crippen LogP contribution in [-0.4, -0.2) is 63.4 Å². The maximum atomic E-state index is 11.1. The molecule has 0 atom stereocenters. The lowest BCUT2D eigenvalue weighted by molar-refractivity contribution is 0.0517. The molecule has 0 saturated heterocycles. The van der Waals surface area contributed by atoms with E-state index in [9.17, 15) is 18.0 Å². The number of sulfone groups is 1. The normalized spacial score (nSPS) is 11.7. The number of carbonyl (C=O) groups excluding carboxylic acids is 2. The molecule has 0 radical (unpaired) electrons. The van der Waals surface area contributed by atoms with Gasteiger partial charge in [-0.05, 0) is 48.0 Å². The Balaban J connectivity index is 0. The molecule has 0 rings (SSSR count). The summed E-state index contributed by atoms with van der Waals surface area (Å²) >= 11 is 0. The standard InChI is InChI=1S/C9H19NO4S.C7H16N2O2/c1-9(2,3)14-8(11)10-6-5-7-15(4,12)13;1-7(2,3)11-6(10)9-5-4-8/h5-7H2,1-4H3,(H,10,11);4-5,8H2,1-3H3,(H,9,10). The van der Waals surface area contributed by atoms with Gasteiger partial charge in [0.25, 0.3) is 0 Å². The molecule has 0 aliphatic carbocycles. The van der Waals surface area contributed by atoms with E-state index in [1.54, 1.807) is 20.8 Å². The van der Waals surface area contributed by atoms with Crippen molar-refractivity contribution in [3.05, 3.63) is 0 Å². The Morgan fingerprint density at radius 3 is 1.58 bits per heavy atom. The van der Waals surface area contributed by atoms with Crippen LogP contribution in [0.25, 0.3) is 0 Å². The second kappa shape index (κ2) is 11.9. The fourth-order valence-corrected chi connectivity index (χ4v) is 2.00. The first-order valence-electron chi connectivity index (χ1n) is 8.37. The van der Waals surface area contributed by atoms with E-state index in [-0.39, 0.29) is 5.75 Å². The molecule has 0 unspecified atom stereocenters. The molecule has 156 valence electrons. The number of carbonyl (C=O) groups is 2. The Labute approximate surface area is 157 Å². The third-order valence-corrected chi connectivity index (χ3v) is 3.20. The average molecular weight is 398 g/mol. The molecule has 0 aliphatic rings. The molecule has 0 aromatic rings. The van der Waals surface area contributed by atoms with Crippen LogP contribution in [0.5, 0.6) is 0 Å². The highest BCUT2D eigenvalue weighted by Crippen LogP contribution is 2.06. The van der Waals surface area contributed by atoms with Crippen LogP contribution in [0, 0.1) is 0 Å². The highest BCUT2D eigenvalue weighted by atomic mass is 32.2. The molecule has 2 amide bonds. The molecular weight excluding hydrogens is 362 g/mol. The van der Waals surface area contributed by atoms with Crippen LogP contribution < -0.4 is 16.4 Å². The van der Waals surface area contributed by atoms with E-state index in [1.807, 2.05) is 20.8 Å². The largest absolute Gasteiger partial charge is 0.444 e. The van der Waals surface area contributed by atoms with Crippen molar-refractivity contribution in [1.82, 2.24) is 10.6 Å². The quantitative estimate of drug-likeness (QED) is 0.576.